The van der Waals surface area contributed by atoms with E-state index in [1.807, 2.05) is 0 Å². The van der Waals surface area contributed by atoms with Crippen LogP contribution in [0.4, 0.5) is 4.39 Å². The molecule has 0 amide bonds. The largest absolute Gasteiger partial charge is 0.451 e. The van der Waals surface area contributed by atoms with Crippen LogP contribution in [0.5, 0.6) is 0 Å². The van der Waals surface area contributed by atoms with E-state index in [4.69, 9.17) is 5.73 Å². The molecule has 6 unspecified atom stereocenters. The number of nitrogens with two attached hydrogens (primary N) is 1. The van der Waals surface area contributed by atoms with Gasteiger partial charge < -0.3 is 15.9 Å². The predicted molar refractivity (Wildman–Crippen MR) is 66.5 cm³/mol. The molecule has 0 heterocycles. The van der Waals surface area contributed by atoms with Crippen LogP contribution >= 0.6 is 0 Å². The van der Waals surface area contributed by atoms with Gasteiger partial charge in [-0.05, 0) is 43.3 Å². The Kier molecular flexibility index (Phi) is 4.11. The van der Waals surface area contributed by atoms with Gasteiger partial charge in [0.2, 0.25) is 0 Å². The van der Waals surface area contributed by atoms with Gasteiger partial charge in [0.05, 0.1) is 6.10 Å². The van der Waals surface area contributed by atoms with E-state index in [0.717, 1.165) is 19.2 Å². The number of rotatable bonds is 4. The molecular formula is C12H23BFNO2. The van der Waals surface area contributed by atoms with Crippen LogP contribution in [0.2, 0.25) is 13.1 Å². The molecule has 0 bridgehead atoms. The number of fused-ring (bicyclic) bond motifs is 1. The second kappa shape index (κ2) is 5.25. The first-order valence-electron chi connectivity index (χ1n) is 6.76. The second-order valence-electron chi connectivity index (χ2n) is 5.92. The van der Waals surface area contributed by atoms with E-state index in [0.29, 0.717) is 18.8 Å². The Hall–Kier alpha value is -0.125. The van der Waals surface area contributed by atoms with Crippen molar-refractivity contribution in [2.45, 2.75) is 57.1 Å². The smallest absolute Gasteiger partial charge is 0.285 e. The minimum absolute atomic E-state index is 0.0310. The summed E-state index contributed by atoms with van der Waals surface area (Å²) >= 11 is 0. The highest BCUT2D eigenvalue weighted by atomic mass is 19.1. The highest BCUT2D eigenvalue weighted by Crippen LogP contribution is 2.50. The summed E-state index contributed by atoms with van der Waals surface area (Å²) in [6.45, 7) is 1.51. The molecule has 0 radical (unpaired) electrons. The van der Waals surface area contributed by atoms with Gasteiger partial charge in [0.25, 0.3) is 6.92 Å². The number of alkyl halides is 1. The molecule has 6 atom stereocenters. The molecular weight excluding hydrogens is 220 g/mol. The average molecular weight is 243 g/mol. The van der Waals surface area contributed by atoms with Gasteiger partial charge in [0.1, 0.15) is 6.17 Å². The third kappa shape index (κ3) is 2.66. The molecule has 2 rings (SSSR count). The fraction of sp³-hybridized carbons (Fsp3) is 1.00. The van der Waals surface area contributed by atoms with Crippen LogP contribution < -0.4 is 5.73 Å². The maximum atomic E-state index is 13.7. The summed E-state index contributed by atoms with van der Waals surface area (Å²) in [5.41, 5.74) is 6.08. The Bertz CT molecular complexity index is 267. The van der Waals surface area contributed by atoms with Crippen molar-refractivity contribution in [3.63, 3.8) is 0 Å². The van der Waals surface area contributed by atoms with E-state index in [1.54, 1.807) is 6.82 Å². The first-order valence-corrected chi connectivity index (χ1v) is 6.76. The zero-order valence-corrected chi connectivity index (χ0v) is 10.4. The quantitative estimate of drug-likeness (QED) is 0.647. The van der Waals surface area contributed by atoms with Crippen molar-refractivity contribution >= 4 is 6.92 Å². The van der Waals surface area contributed by atoms with Gasteiger partial charge in [0, 0.05) is 6.04 Å². The van der Waals surface area contributed by atoms with E-state index in [1.165, 1.54) is 0 Å². The van der Waals surface area contributed by atoms with Crippen LogP contribution in [0, 0.1) is 17.8 Å². The monoisotopic (exact) mass is 243 g/mol. The standard InChI is InChI=1S/C12H23BFNO2/c1-13(17)4-2-3-7-8-6-11(16)12(14)9(8)5-10(7)15/h7-12,16-17H,2-6,15H2,1H3. The summed E-state index contributed by atoms with van der Waals surface area (Å²) in [5, 5.41) is 18.8. The van der Waals surface area contributed by atoms with Crippen molar-refractivity contribution in [1.29, 1.82) is 0 Å². The minimum atomic E-state index is -1.08. The molecule has 0 aromatic heterocycles. The molecule has 4 N–H and O–H groups in total. The van der Waals surface area contributed by atoms with Crippen molar-refractivity contribution in [3.8, 4) is 0 Å². The molecule has 5 heteroatoms. The van der Waals surface area contributed by atoms with Crippen molar-refractivity contribution in [2.75, 3.05) is 0 Å². The summed E-state index contributed by atoms with van der Waals surface area (Å²) in [6.07, 6.45) is 2.09. The van der Waals surface area contributed by atoms with Gasteiger partial charge in [-0.25, -0.2) is 4.39 Å². The zero-order valence-electron chi connectivity index (χ0n) is 10.4. The molecule has 2 aliphatic rings. The number of hydrogen-bond acceptors (Lipinski definition) is 3. The Balaban J connectivity index is 1.89. The minimum Gasteiger partial charge on any atom is -0.451 e. The van der Waals surface area contributed by atoms with Crippen LogP contribution in [0.15, 0.2) is 0 Å². The van der Waals surface area contributed by atoms with Gasteiger partial charge in [-0.2, -0.15) is 0 Å². The topological polar surface area (TPSA) is 66.5 Å². The van der Waals surface area contributed by atoms with Gasteiger partial charge in [0.15, 0.2) is 0 Å². The normalized spacial score (nSPS) is 45.0. The highest BCUT2D eigenvalue weighted by molar-refractivity contribution is 6.48. The fourth-order valence-electron chi connectivity index (χ4n) is 3.79. The molecule has 2 fully saturated rings. The molecule has 98 valence electrons. The summed E-state index contributed by atoms with van der Waals surface area (Å²) < 4.78 is 13.7. The predicted octanol–water partition coefficient (Wildman–Crippen LogP) is 1.06. The van der Waals surface area contributed by atoms with Crippen LogP contribution in [0.1, 0.15) is 25.7 Å². The highest BCUT2D eigenvalue weighted by Gasteiger charge is 2.52. The number of halogens is 1. The first kappa shape index (κ1) is 13.3. The molecule has 0 aromatic rings. The Labute approximate surface area is 103 Å². The first-order chi connectivity index (χ1) is 8.00. The summed E-state index contributed by atoms with van der Waals surface area (Å²) in [6, 6.07) is 0.0738. The number of hydrogen-bond donors (Lipinski definition) is 3. The van der Waals surface area contributed by atoms with E-state index in [2.05, 4.69) is 0 Å². The molecule has 3 nitrogen and oxygen atoms in total. The molecule has 0 aliphatic heterocycles. The Morgan fingerprint density at radius 3 is 2.71 bits per heavy atom. The number of aliphatic hydroxyl groups excluding tert-OH is 1. The lowest BCUT2D eigenvalue weighted by Crippen LogP contribution is -2.29. The lowest BCUT2D eigenvalue weighted by Gasteiger charge is -2.21. The Morgan fingerprint density at radius 1 is 1.35 bits per heavy atom. The zero-order chi connectivity index (χ0) is 12.6. The van der Waals surface area contributed by atoms with Crippen molar-refractivity contribution in [2.24, 2.45) is 23.5 Å². The van der Waals surface area contributed by atoms with Crippen LogP contribution in [-0.4, -0.2) is 35.4 Å². The summed E-state index contributed by atoms with van der Waals surface area (Å²) in [5.74, 6) is 0.551. The van der Waals surface area contributed by atoms with Crippen LogP contribution in [0.25, 0.3) is 0 Å². The fourth-order valence-corrected chi connectivity index (χ4v) is 3.79. The average Bonchev–Trinajstić information content (AvgIpc) is 2.68. The molecule has 0 spiro atoms. The van der Waals surface area contributed by atoms with Crippen LogP contribution in [-0.2, 0) is 0 Å². The third-order valence-corrected chi connectivity index (χ3v) is 4.64. The maximum absolute atomic E-state index is 13.7. The third-order valence-electron chi connectivity index (χ3n) is 4.64. The van der Waals surface area contributed by atoms with E-state index >= 15 is 0 Å². The van der Waals surface area contributed by atoms with Crippen molar-refractivity contribution in [1.82, 2.24) is 0 Å². The lowest BCUT2D eigenvalue weighted by atomic mass is 9.66. The molecule has 17 heavy (non-hydrogen) atoms. The summed E-state index contributed by atoms with van der Waals surface area (Å²) in [4.78, 5) is 0. The summed E-state index contributed by atoms with van der Waals surface area (Å²) in [7, 11) is 0. The SMILES string of the molecule is CB(O)CCCC1C(N)CC2C(F)C(O)CC12. The maximum Gasteiger partial charge on any atom is 0.285 e. The van der Waals surface area contributed by atoms with Gasteiger partial charge in [-0.3, -0.25) is 0 Å². The van der Waals surface area contributed by atoms with Gasteiger partial charge in [-0.15, -0.1) is 0 Å². The molecule has 2 saturated carbocycles. The van der Waals surface area contributed by atoms with Gasteiger partial charge in [-0.1, -0.05) is 13.2 Å². The van der Waals surface area contributed by atoms with Crippen molar-refractivity contribution in [3.05, 3.63) is 0 Å². The second-order valence-corrected chi connectivity index (χ2v) is 5.92. The van der Waals surface area contributed by atoms with Crippen LogP contribution in [0.3, 0.4) is 0 Å². The lowest BCUT2D eigenvalue weighted by molar-refractivity contribution is 0.0815. The van der Waals surface area contributed by atoms with E-state index in [-0.39, 0.29) is 24.8 Å². The molecule has 0 saturated heterocycles. The molecule has 2 aliphatic carbocycles. The number of aliphatic hydroxyl groups is 1. The molecule has 0 aromatic carbocycles. The van der Waals surface area contributed by atoms with Gasteiger partial charge >= 0.3 is 0 Å². The van der Waals surface area contributed by atoms with E-state index < -0.39 is 12.3 Å². The van der Waals surface area contributed by atoms with Crippen molar-refractivity contribution < 1.29 is 14.5 Å². The Morgan fingerprint density at radius 2 is 2.06 bits per heavy atom. The van der Waals surface area contributed by atoms with E-state index in [9.17, 15) is 14.5 Å².